The van der Waals surface area contributed by atoms with Crippen LogP contribution in [-0.4, -0.2) is 33.7 Å². The molecule has 2 aliphatic rings. The number of hydrogen-bond donors (Lipinski definition) is 1. The molecule has 0 aromatic heterocycles. The number of nitrogens with one attached hydrogen (secondary N) is 1. The van der Waals surface area contributed by atoms with E-state index >= 15 is 0 Å². The van der Waals surface area contributed by atoms with Gasteiger partial charge in [-0.3, -0.25) is 0 Å². The molecule has 0 bridgehead atoms. The Bertz CT molecular complexity index is 140. The second-order valence-electron chi connectivity index (χ2n) is 3.44. The third-order valence-electron chi connectivity index (χ3n) is 2.85. The van der Waals surface area contributed by atoms with E-state index in [4.69, 9.17) is 0 Å². The Kier molecular flexibility index (Phi) is 2.69. The maximum atomic E-state index is 3.59. The van der Waals surface area contributed by atoms with Gasteiger partial charge in [0.1, 0.15) is 0 Å². The van der Waals surface area contributed by atoms with Crippen molar-refractivity contribution in [2.45, 2.75) is 18.9 Å². The molecule has 2 nitrogen and oxygen atoms in total. The van der Waals surface area contributed by atoms with Crippen molar-refractivity contribution in [1.29, 1.82) is 0 Å². The number of rotatable bonds is 1. The average molecular weight is 267 g/mol. The second kappa shape index (κ2) is 3.58. The number of piperidine rings is 1. The minimum atomic E-state index is 0.367. The molecule has 2 fully saturated rings. The fraction of sp³-hybridized carbons (Fsp3) is 1.00. The summed E-state index contributed by atoms with van der Waals surface area (Å²) in [4.78, 5) is 2.38. The van der Waals surface area contributed by atoms with Gasteiger partial charge in [-0.15, -0.1) is 0 Å². The van der Waals surface area contributed by atoms with E-state index in [9.17, 15) is 0 Å². The Morgan fingerprint density at radius 1 is 1.45 bits per heavy atom. The van der Waals surface area contributed by atoms with E-state index in [2.05, 4.69) is 13.4 Å². The molecule has 2 unspecified atom stereocenters. The molecule has 1 N–H and O–H groups in total. The predicted molar refractivity (Wildman–Crippen MR) is 42.0 cm³/mol. The number of halogens is 1. The van der Waals surface area contributed by atoms with Gasteiger partial charge >= 0.3 is 79.3 Å². The average Bonchev–Trinajstić information content (AvgIpc) is 2.50. The summed E-state index contributed by atoms with van der Waals surface area (Å²) >= 11 is 0.367. The third-order valence-corrected chi connectivity index (χ3v) is 5.09. The van der Waals surface area contributed by atoms with Gasteiger partial charge in [-0.2, -0.15) is 0 Å². The molecule has 0 radical (unpaired) electrons. The molecule has 2 atom stereocenters. The molecule has 0 spiro atoms. The molecule has 0 aliphatic carbocycles. The van der Waals surface area contributed by atoms with E-state index in [1.54, 1.807) is 0 Å². The Morgan fingerprint density at radius 3 is 3.18 bits per heavy atom. The van der Waals surface area contributed by atoms with Crippen molar-refractivity contribution in [2.75, 3.05) is 24.6 Å². The number of alkyl halides is 1. The minimum absolute atomic E-state index is 0.367. The van der Waals surface area contributed by atoms with Crippen LogP contribution in [0, 0.1) is 5.92 Å². The molecule has 0 aromatic carbocycles. The monoisotopic (exact) mass is 267 g/mol. The molecule has 2 heterocycles. The van der Waals surface area contributed by atoms with Gasteiger partial charge in [0.15, 0.2) is 0 Å². The Labute approximate surface area is 79.3 Å². The summed E-state index contributed by atoms with van der Waals surface area (Å²) in [6.07, 6.45) is 2.82. The molecule has 3 heteroatoms. The first-order chi connectivity index (χ1) is 5.40. The van der Waals surface area contributed by atoms with Crippen molar-refractivity contribution >= 4 is 0 Å². The van der Waals surface area contributed by atoms with Crippen LogP contribution in [0.2, 0.25) is 0 Å². The SMILES string of the molecule is C[I-]N1CCC2NCCC2C1. The molecule has 66 valence electrons. The summed E-state index contributed by atoms with van der Waals surface area (Å²) in [5.74, 6) is 0.989. The summed E-state index contributed by atoms with van der Waals surface area (Å²) in [7, 11) is 0. The van der Waals surface area contributed by atoms with Gasteiger partial charge in [-0.25, -0.2) is 0 Å². The van der Waals surface area contributed by atoms with Crippen molar-refractivity contribution < 1.29 is 21.5 Å². The van der Waals surface area contributed by atoms with Crippen molar-refractivity contribution in [3.63, 3.8) is 0 Å². The van der Waals surface area contributed by atoms with Gasteiger partial charge in [0.25, 0.3) is 0 Å². The Morgan fingerprint density at radius 2 is 2.36 bits per heavy atom. The standard InChI is InChI=1S/C8H16IN2/c1-9-11-5-3-8-7(6-11)2-4-10-8/h7-8,10H,2-6H2,1H3/q-1. The Balaban J connectivity index is 1.91. The molecule has 2 saturated heterocycles. The summed E-state index contributed by atoms with van der Waals surface area (Å²) < 4.78 is 2.69. The first-order valence-electron chi connectivity index (χ1n) is 4.38. The van der Waals surface area contributed by atoms with Crippen LogP contribution >= 0.6 is 0 Å². The van der Waals surface area contributed by atoms with E-state index in [-0.39, 0.29) is 0 Å². The van der Waals surface area contributed by atoms with Crippen LogP contribution in [0.5, 0.6) is 0 Å². The molecular formula is C8H16IN2-. The first kappa shape index (κ1) is 8.26. The van der Waals surface area contributed by atoms with E-state index in [1.807, 2.05) is 0 Å². The van der Waals surface area contributed by atoms with Crippen molar-refractivity contribution in [3.05, 3.63) is 0 Å². The molecular weight excluding hydrogens is 251 g/mol. The zero-order valence-electron chi connectivity index (χ0n) is 7.02. The summed E-state index contributed by atoms with van der Waals surface area (Å²) in [6.45, 7) is 4.02. The van der Waals surface area contributed by atoms with E-state index in [1.165, 1.54) is 32.5 Å². The zero-order valence-corrected chi connectivity index (χ0v) is 9.17. The van der Waals surface area contributed by atoms with Gasteiger partial charge in [-0.1, -0.05) is 0 Å². The normalized spacial score (nSPS) is 39.4. The van der Waals surface area contributed by atoms with Crippen molar-refractivity contribution in [1.82, 2.24) is 8.43 Å². The molecule has 2 rings (SSSR count). The second-order valence-corrected chi connectivity index (χ2v) is 5.77. The fourth-order valence-electron chi connectivity index (χ4n) is 2.16. The molecule has 0 saturated carbocycles. The van der Waals surface area contributed by atoms with Gasteiger partial charge in [0, 0.05) is 0 Å². The van der Waals surface area contributed by atoms with Gasteiger partial charge in [0.2, 0.25) is 0 Å². The van der Waals surface area contributed by atoms with Crippen LogP contribution in [0.1, 0.15) is 12.8 Å². The molecule has 11 heavy (non-hydrogen) atoms. The van der Waals surface area contributed by atoms with Crippen LogP contribution < -0.4 is 26.8 Å². The Hall–Kier alpha value is 0.650. The predicted octanol–water partition coefficient (Wildman–Crippen LogP) is -2.70. The number of fused-ring (bicyclic) bond motifs is 1. The summed E-state index contributed by atoms with van der Waals surface area (Å²) in [5.41, 5.74) is 0. The van der Waals surface area contributed by atoms with E-state index in [0.717, 1.165) is 12.0 Å². The van der Waals surface area contributed by atoms with Crippen LogP contribution in [0.25, 0.3) is 0 Å². The van der Waals surface area contributed by atoms with E-state index < -0.39 is 0 Å². The molecule has 0 aromatic rings. The molecule has 2 aliphatic heterocycles. The maximum absolute atomic E-state index is 3.59. The number of hydrogen-bond acceptors (Lipinski definition) is 2. The molecule has 0 amide bonds. The van der Waals surface area contributed by atoms with Crippen molar-refractivity contribution in [2.24, 2.45) is 5.92 Å². The third kappa shape index (κ3) is 1.70. The zero-order chi connectivity index (χ0) is 7.68. The topological polar surface area (TPSA) is 15.3 Å². The van der Waals surface area contributed by atoms with Crippen molar-refractivity contribution in [3.8, 4) is 0 Å². The van der Waals surface area contributed by atoms with Crippen LogP contribution in [0.4, 0.5) is 0 Å². The summed E-state index contributed by atoms with van der Waals surface area (Å²) in [5, 5.41) is 3.59. The fourth-order valence-corrected chi connectivity index (χ4v) is 3.82. The van der Waals surface area contributed by atoms with E-state index in [0.29, 0.717) is 21.5 Å². The first-order valence-corrected chi connectivity index (χ1v) is 7.50. The van der Waals surface area contributed by atoms with Gasteiger partial charge < -0.3 is 0 Å². The number of nitrogens with zero attached hydrogens (tertiary/aromatic N) is 1. The van der Waals surface area contributed by atoms with Crippen LogP contribution in [-0.2, 0) is 0 Å². The van der Waals surface area contributed by atoms with Gasteiger partial charge in [0.05, 0.1) is 0 Å². The van der Waals surface area contributed by atoms with Crippen LogP contribution in [0.3, 0.4) is 0 Å². The van der Waals surface area contributed by atoms with Gasteiger partial charge in [-0.05, 0) is 0 Å². The summed E-state index contributed by atoms with van der Waals surface area (Å²) in [6, 6.07) is 0.877. The van der Waals surface area contributed by atoms with Crippen LogP contribution in [0.15, 0.2) is 0 Å². The quantitative estimate of drug-likeness (QED) is 0.316.